The van der Waals surface area contributed by atoms with Crippen LogP contribution in [0.15, 0.2) is 54.6 Å². The predicted molar refractivity (Wildman–Crippen MR) is 90.1 cm³/mol. The molecule has 22 heavy (non-hydrogen) atoms. The van der Waals surface area contributed by atoms with Gasteiger partial charge in [-0.05, 0) is 36.4 Å². The fourth-order valence-corrected chi connectivity index (χ4v) is 2.04. The second-order valence-corrected chi connectivity index (χ2v) is 7.14. The number of para-hydroxylation sites is 1. The smallest absolute Gasteiger partial charge is 0.254 e. The molecule has 0 aliphatic heterocycles. The summed E-state index contributed by atoms with van der Waals surface area (Å²) in [6, 6.07) is 15.1. The third kappa shape index (κ3) is 4.96. The molecule has 0 bridgehead atoms. The number of halogens is 4. The number of carbonyl (C=O) groups is 1. The van der Waals surface area contributed by atoms with Crippen LogP contribution in [0, 0.1) is 0 Å². The number of carbonyl (C=O) groups excluding carboxylic acids is 1. The summed E-state index contributed by atoms with van der Waals surface area (Å²) in [7, 11) is 0. The van der Waals surface area contributed by atoms with Gasteiger partial charge in [-0.15, -0.1) is 0 Å². The maximum atomic E-state index is 12.2. The average Bonchev–Trinajstić information content (AvgIpc) is 2.47. The van der Waals surface area contributed by atoms with Crippen LogP contribution in [0.2, 0.25) is 5.02 Å². The number of nitrogens with one attached hydrogen (secondary N) is 1. The van der Waals surface area contributed by atoms with Gasteiger partial charge in [0, 0.05) is 10.6 Å². The van der Waals surface area contributed by atoms with Gasteiger partial charge in [-0.3, -0.25) is 4.79 Å². The Morgan fingerprint density at radius 2 is 1.59 bits per heavy atom. The summed E-state index contributed by atoms with van der Waals surface area (Å²) in [6.45, 7) is 0. The van der Waals surface area contributed by atoms with Crippen LogP contribution in [0.4, 0.5) is 0 Å². The van der Waals surface area contributed by atoms with Crippen LogP contribution in [0.5, 0.6) is 5.75 Å². The highest BCUT2D eigenvalue weighted by atomic mass is 35.6. The minimum atomic E-state index is -1.84. The van der Waals surface area contributed by atoms with E-state index < -0.39 is 15.9 Å². The lowest BCUT2D eigenvalue weighted by molar-refractivity contribution is 0.0833. The van der Waals surface area contributed by atoms with E-state index in [9.17, 15) is 4.79 Å². The minimum absolute atomic E-state index is 0.375. The van der Waals surface area contributed by atoms with Gasteiger partial charge in [-0.1, -0.05) is 64.6 Å². The molecule has 0 aliphatic carbocycles. The first-order valence-electron chi connectivity index (χ1n) is 6.21. The lowest BCUT2D eigenvalue weighted by Crippen LogP contribution is -2.47. The van der Waals surface area contributed by atoms with E-state index in [2.05, 4.69) is 5.32 Å². The molecule has 3 nitrogen and oxygen atoms in total. The molecule has 2 rings (SSSR count). The zero-order valence-electron chi connectivity index (χ0n) is 11.1. The first kappa shape index (κ1) is 17.2. The van der Waals surface area contributed by atoms with E-state index in [4.69, 9.17) is 51.1 Å². The second kappa shape index (κ2) is 7.42. The molecule has 1 N–H and O–H groups in total. The van der Waals surface area contributed by atoms with Crippen molar-refractivity contribution in [2.24, 2.45) is 0 Å². The van der Waals surface area contributed by atoms with Gasteiger partial charge in [0.15, 0.2) is 0 Å². The molecule has 1 amide bonds. The first-order chi connectivity index (χ1) is 10.4. The summed E-state index contributed by atoms with van der Waals surface area (Å²) in [5, 5.41) is 3.06. The van der Waals surface area contributed by atoms with Crippen molar-refractivity contribution in [1.82, 2.24) is 5.32 Å². The molecule has 0 aromatic heterocycles. The van der Waals surface area contributed by atoms with Crippen LogP contribution in [-0.4, -0.2) is 15.9 Å². The Morgan fingerprint density at radius 1 is 1.00 bits per heavy atom. The van der Waals surface area contributed by atoms with E-state index in [1.165, 1.54) is 0 Å². The van der Waals surface area contributed by atoms with Crippen LogP contribution in [0.3, 0.4) is 0 Å². The molecule has 2 aromatic carbocycles. The SMILES string of the molecule is O=C(NC(Oc1ccccc1)C(Cl)(Cl)Cl)c1ccc(Cl)cc1. The highest BCUT2D eigenvalue weighted by Gasteiger charge is 2.36. The summed E-state index contributed by atoms with van der Waals surface area (Å²) >= 11 is 23.4. The molecular weight excluding hydrogens is 368 g/mol. The second-order valence-electron chi connectivity index (χ2n) is 4.33. The van der Waals surface area contributed by atoms with E-state index in [0.29, 0.717) is 16.3 Å². The molecule has 0 radical (unpaired) electrons. The molecule has 7 heteroatoms. The van der Waals surface area contributed by atoms with Gasteiger partial charge >= 0.3 is 0 Å². The molecule has 2 aromatic rings. The quantitative estimate of drug-likeness (QED) is 0.610. The largest absolute Gasteiger partial charge is 0.466 e. The normalized spacial score (nSPS) is 12.5. The van der Waals surface area contributed by atoms with Crippen LogP contribution >= 0.6 is 46.4 Å². The van der Waals surface area contributed by atoms with E-state index >= 15 is 0 Å². The molecule has 0 aliphatic rings. The van der Waals surface area contributed by atoms with Crippen molar-refractivity contribution < 1.29 is 9.53 Å². The van der Waals surface area contributed by atoms with Gasteiger partial charge in [0.1, 0.15) is 5.75 Å². The minimum Gasteiger partial charge on any atom is -0.466 e. The molecular formula is C15H11Cl4NO2. The highest BCUT2D eigenvalue weighted by Crippen LogP contribution is 2.32. The molecule has 0 saturated carbocycles. The molecule has 0 heterocycles. The molecule has 0 spiro atoms. The Balaban J connectivity index is 2.13. The lowest BCUT2D eigenvalue weighted by Gasteiger charge is -2.26. The van der Waals surface area contributed by atoms with Gasteiger partial charge < -0.3 is 10.1 Å². The predicted octanol–water partition coefficient (Wildman–Crippen LogP) is 4.85. The number of hydrogen-bond donors (Lipinski definition) is 1. The number of benzene rings is 2. The topological polar surface area (TPSA) is 38.3 Å². The maximum absolute atomic E-state index is 12.2. The van der Waals surface area contributed by atoms with E-state index in [-0.39, 0.29) is 0 Å². The molecule has 0 saturated heterocycles. The Hall–Kier alpha value is -1.13. The number of hydrogen-bond acceptors (Lipinski definition) is 2. The summed E-state index contributed by atoms with van der Waals surface area (Å²) in [5.74, 6) is 0.0270. The fraction of sp³-hybridized carbons (Fsp3) is 0.133. The number of ether oxygens (including phenoxy) is 1. The monoisotopic (exact) mass is 377 g/mol. The molecule has 1 unspecified atom stereocenters. The summed E-state index contributed by atoms with van der Waals surface area (Å²) in [4.78, 5) is 12.2. The van der Waals surface area contributed by atoms with Crippen molar-refractivity contribution in [3.05, 3.63) is 65.2 Å². The standard InChI is InChI=1S/C15H11Cl4NO2/c16-11-8-6-10(7-9-11)13(21)20-14(15(17,18)19)22-12-4-2-1-3-5-12/h1-9,14H,(H,20,21). The van der Waals surface area contributed by atoms with Crippen LogP contribution in [-0.2, 0) is 0 Å². The van der Waals surface area contributed by atoms with Crippen molar-refractivity contribution in [3.63, 3.8) is 0 Å². The average molecular weight is 379 g/mol. The zero-order chi connectivity index (χ0) is 16.2. The van der Waals surface area contributed by atoms with Crippen LogP contribution in [0.25, 0.3) is 0 Å². The number of rotatable bonds is 4. The van der Waals surface area contributed by atoms with Crippen molar-refractivity contribution in [3.8, 4) is 5.75 Å². The molecule has 116 valence electrons. The Kier molecular flexibility index (Phi) is 5.81. The van der Waals surface area contributed by atoms with Crippen LogP contribution < -0.4 is 10.1 Å². The Labute approximate surface area is 148 Å². The van der Waals surface area contributed by atoms with Gasteiger partial charge in [-0.2, -0.15) is 0 Å². The zero-order valence-corrected chi connectivity index (χ0v) is 14.1. The lowest BCUT2D eigenvalue weighted by atomic mass is 10.2. The fourth-order valence-electron chi connectivity index (χ4n) is 1.62. The maximum Gasteiger partial charge on any atom is 0.254 e. The van der Waals surface area contributed by atoms with E-state index in [1.54, 1.807) is 48.5 Å². The highest BCUT2D eigenvalue weighted by molar-refractivity contribution is 6.68. The third-order valence-electron chi connectivity index (χ3n) is 2.66. The van der Waals surface area contributed by atoms with Crippen molar-refractivity contribution in [1.29, 1.82) is 0 Å². The van der Waals surface area contributed by atoms with E-state index in [1.807, 2.05) is 6.07 Å². The van der Waals surface area contributed by atoms with Crippen molar-refractivity contribution in [2.75, 3.05) is 0 Å². The third-order valence-corrected chi connectivity index (χ3v) is 3.51. The van der Waals surface area contributed by atoms with Gasteiger partial charge in [0.05, 0.1) is 0 Å². The van der Waals surface area contributed by atoms with Gasteiger partial charge in [-0.25, -0.2) is 0 Å². The summed E-state index contributed by atoms with van der Waals surface area (Å²) < 4.78 is 3.71. The number of amides is 1. The number of alkyl halides is 3. The molecule has 0 fully saturated rings. The Bertz CT molecular complexity index is 626. The Morgan fingerprint density at radius 3 is 2.14 bits per heavy atom. The summed E-state index contributed by atoms with van der Waals surface area (Å²) in [5.41, 5.74) is 0.375. The van der Waals surface area contributed by atoms with Gasteiger partial charge in [0.25, 0.3) is 5.91 Å². The summed E-state index contributed by atoms with van der Waals surface area (Å²) in [6.07, 6.45) is -1.15. The molecule has 1 atom stereocenters. The van der Waals surface area contributed by atoms with Crippen molar-refractivity contribution in [2.45, 2.75) is 10.0 Å². The van der Waals surface area contributed by atoms with Crippen molar-refractivity contribution >= 4 is 52.3 Å². The van der Waals surface area contributed by atoms with E-state index in [0.717, 1.165) is 0 Å². The first-order valence-corrected chi connectivity index (χ1v) is 7.72. The van der Waals surface area contributed by atoms with Gasteiger partial charge in [0.2, 0.25) is 10.0 Å². The van der Waals surface area contributed by atoms with Crippen LogP contribution in [0.1, 0.15) is 10.4 Å².